The Morgan fingerprint density at radius 3 is 3.12 bits per heavy atom. The molecule has 0 unspecified atom stereocenters. The second kappa shape index (κ2) is 4.98. The van der Waals surface area contributed by atoms with Crippen LogP contribution in [0.4, 0.5) is 5.95 Å². The highest BCUT2D eigenvalue weighted by molar-refractivity contribution is 5.32. The number of nitrogens with one attached hydrogen (secondary N) is 2. The van der Waals surface area contributed by atoms with Gasteiger partial charge in [-0.2, -0.15) is 0 Å². The Morgan fingerprint density at radius 1 is 1.35 bits per heavy atom. The van der Waals surface area contributed by atoms with E-state index in [1.165, 1.54) is 5.56 Å². The number of aromatic nitrogens is 2. The van der Waals surface area contributed by atoms with Gasteiger partial charge in [0.25, 0.3) is 0 Å². The third-order valence-electron chi connectivity index (χ3n) is 3.37. The van der Waals surface area contributed by atoms with Crippen LogP contribution in [0.3, 0.4) is 0 Å². The summed E-state index contributed by atoms with van der Waals surface area (Å²) in [5.41, 5.74) is 2.42. The number of nitrogens with zero attached hydrogens (tertiary/aromatic N) is 2. The normalized spacial score (nSPS) is 20.9. The van der Waals surface area contributed by atoms with Crippen LogP contribution in [-0.4, -0.2) is 35.8 Å². The van der Waals surface area contributed by atoms with Crippen LogP contribution in [0.5, 0.6) is 0 Å². The van der Waals surface area contributed by atoms with E-state index in [0.717, 1.165) is 57.2 Å². The lowest BCUT2D eigenvalue weighted by atomic mass is 10.1. The maximum absolute atomic E-state index is 5.34. The quantitative estimate of drug-likeness (QED) is 0.789. The molecule has 0 spiro atoms. The van der Waals surface area contributed by atoms with Crippen molar-refractivity contribution in [3.05, 3.63) is 17.5 Å². The van der Waals surface area contributed by atoms with Crippen LogP contribution in [0.15, 0.2) is 6.20 Å². The van der Waals surface area contributed by atoms with E-state index < -0.39 is 0 Å². The van der Waals surface area contributed by atoms with Crippen LogP contribution in [-0.2, 0) is 17.7 Å². The summed E-state index contributed by atoms with van der Waals surface area (Å²) >= 11 is 0. The molecule has 0 aliphatic carbocycles. The van der Waals surface area contributed by atoms with Gasteiger partial charge in [0, 0.05) is 32.0 Å². The van der Waals surface area contributed by atoms with Crippen molar-refractivity contribution in [3.63, 3.8) is 0 Å². The second-order valence-corrected chi connectivity index (χ2v) is 4.62. The van der Waals surface area contributed by atoms with Gasteiger partial charge in [0.2, 0.25) is 5.95 Å². The van der Waals surface area contributed by atoms with E-state index in [2.05, 4.69) is 20.6 Å². The minimum Gasteiger partial charge on any atom is -0.381 e. The standard InChI is InChI=1S/C12H18N4O/c1-4-13-8-11-9(1)7-14-12(16-11)15-10-2-5-17-6-3-10/h7,10,13H,1-6,8H2,(H,14,15,16). The summed E-state index contributed by atoms with van der Waals surface area (Å²) in [7, 11) is 0. The smallest absolute Gasteiger partial charge is 0.223 e. The number of anilines is 1. The first kappa shape index (κ1) is 10.9. The molecule has 5 heteroatoms. The molecule has 1 aromatic rings. The Bertz CT molecular complexity index is 390. The number of hydrogen-bond donors (Lipinski definition) is 2. The molecule has 0 aromatic carbocycles. The predicted molar refractivity (Wildman–Crippen MR) is 64.9 cm³/mol. The Kier molecular flexibility index (Phi) is 3.20. The SMILES string of the molecule is c1nc(NC2CCOCC2)nc2c1CCNC2. The Hall–Kier alpha value is -1.20. The van der Waals surface area contributed by atoms with E-state index in [4.69, 9.17) is 4.74 Å². The van der Waals surface area contributed by atoms with Crippen LogP contribution in [0.2, 0.25) is 0 Å². The largest absolute Gasteiger partial charge is 0.381 e. The molecule has 3 heterocycles. The molecule has 0 saturated carbocycles. The van der Waals surface area contributed by atoms with Crippen molar-refractivity contribution in [1.29, 1.82) is 0 Å². The molecule has 0 amide bonds. The Morgan fingerprint density at radius 2 is 2.24 bits per heavy atom. The van der Waals surface area contributed by atoms with Crippen molar-refractivity contribution in [3.8, 4) is 0 Å². The molecular formula is C12H18N4O. The van der Waals surface area contributed by atoms with Gasteiger partial charge in [-0.25, -0.2) is 9.97 Å². The third kappa shape index (κ3) is 2.56. The minimum absolute atomic E-state index is 0.457. The maximum Gasteiger partial charge on any atom is 0.223 e. The highest BCUT2D eigenvalue weighted by atomic mass is 16.5. The monoisotopic (exact) mass is 234 g/mol. The summed E-state index contributed by atoms with van der Waals surface area (Å²) < 4.78 is 5.34. The zero-order valence-corrected chi connectivity index (χ0v) is 9.91. The predicted octanol–water partition coefficient (Wildman–Crippen LogP) is 0.713. The zero-order valence-electron chi connectivity index (χ0n) is 9.91. The summed E-state index contributed by atoms with van der Waals surface area (Å²) in [6.07, 6.45) is 5.08. The van der Waals surface area contributed by atoms with E-state index in [1.807, 2.05) is 6.20 Å². The van der Waals surface area contributed by atoms with Crippen LogP contribution in [0.25, 0.3) is 0 Å². The summed E-state index contributed by atoms with van der Waals surface area (Å²) in [4.78, 5) is 8.98. The van der Waals surface area contributed by atoms with Crippen molar-refractivity contribution in [2.24, 2.45) is 0 Å². The molecular weight excluding hydrogens is 216 g/mol. The van der Waals surface area contributed by atoms with E-state index in [0.29, 0.717) is 6.04 Å². The summed E-state index contributed by atoms with van der Waals surface area (Å²) in [5, 5.41) is 6.73. The molecule has 92 valence electrons. The van der Waals surface area contributed by atoms with Gasteiger partial charge in [-0.05, 0) is 31.4 Å². The Labute approximate surface area is 101 Å². The lowest BCUT2D eigenvalue weighted by molar-refractivity contribution is 0.0903. The third-order valence-corrected chi connectivity index (χ3v) is 3.37. The van der Waals surface area contributed by atoms with E-state index >= 15 is 0 Å². The molecule has 0 bridgehead atoms. The highest BCUT2D eigenvalue weighted by Crippen LogP contribution is 2.15. The molecule has 2 N–H and O–H groups in total. The second-order valence-electron chi connectivity index (χ2n) is 4.62. The van der Waals surface area contributed by atoms with Crippen molar-refractivity contribution >= 4 is 5.95 Å². The highest BCUT2D eigenvalue weighted by Gasteiger charge is 2.16. The molecule has 3 rings (SSSR count). The fraction of sp³-hybridized carbons (Fsp3) is 0.667. The molecule has 1 fully saturated rings. The number of rotatable bonds is 2. The first-order chi connectivity index (χ1) is 8.42. The fourth-order valence-electron chi connectivity index (χ4n) is 2.33. The van der Waals surface area contributed by atoms with Crippen molar-refractivity contribution < 1.29 is 4.74 Å². The van der Waals surface area contributed by atoms with Gasteiger partial charge in [0.1, 0.15) is 0 Å². The summed E-state index contributed by atoms with van der Waals surface area (Å²) in [6.45, 7) is 3.57. The summed E-state index contributed by atoms with van der Waals surface area (Å²) in [5.74, 6) is 0.763. The number of ether oxygens (including phenoxy) is 1. The molecule has 5 nitrogen and oxygen atoms in total. The first-order valence-electron chi connectivity index (χ1n) is 6.31. The van der Waals surface area contributed by atoms with Gasteiger partial charge in [0.15, 0.2) is 0 Å². The molecule has 1 aromatic heterocycles. The lowest BCUT2D eigenvalue weighted by Gasteiger charge is -2.24. The van der Waals surface area contributed by atoms with Crippen molar-refractivity contribution in [2.75, 3.05) is 25.1 Å². The Balaban J connectivity index is 1.70. The van der Waals surface area contributed by atoms with Crippen LogP contribution >= 0.6 is 0 Å². The van der Waals surface area contributed by atoms with Gasteiger partial charge in [0.05, 0.1) is 5.69 Å². The minimum atomic E-state index is 0.457. The average molecular weight is 234 g/mol. The van der Waals surface area contributed by atoms with Gasteiger partial charge >= 0.3 is 0 Å². The molecule has 2 aliphatic heterocycles. The van der Waals surface area contributed by atoms with Crippen molar-refractivity contribution in [1.82, 2.24) is 15.3 Å². The zero-order chi connectivity index (χ0) is 11.5. The molecule has 0 atom stereocenters. The van der Waals surface area contributed by atoms with Gasteiger partial charge in [-0.15, -0.1) is 0 Å². The van der Waals surface area contributed by atoms with Gasteiger partial charge in [-0.3, -0.25) is 0 Å². The average Bonchev–Trinajstić information content (AvgIpc) is 2.40. The maximum atomic E-state index is 5.34. The van der Waals surface area contributed by atoms with Gasteiger partial charge in [-0.1, -0.05) is 0 Å². The molecule has 2 aliphatic rings. The van der Waals surface area contributed by atoms with E-state index in [-0.39, 0.29) is 0 Å². The molecule has 0 radical (unpaired) electrons. The van der Waals surface area contributed by atoms with Crippen LogP contribution in [0, 0.1) is 0 Å². The molecule has 1 saturated heterocycles. The van der Waals surface area contributed by atoms with Gasteiger partial charge < -0.3 is 15.4 Å². The summed E-state index contributed by atoms with van der Waals surface area (Å²) in [6, 6.07) is 0.457. The van der Waals surface area contributed by atoms with Crippen LogP contribution < -0.4 is 10.6 Å². The molecule has 17 heavy (non-hydrogen) atoms. The first-order valence-corrected chi connectivity index (χ1v) is 6.31. The fourth-order valence-corrected chi connectivity index (χ4v) is 2.33. The number of hydrogen-bond acceptors (Lipinski definition) is 5. The number of fused-ring (bicyclic) bond motifs is 1. The lowest BCUT2D eigenvalue weighted by Crippen LogP contribution is -2.30. The van der Waals surface area contributed by atoms with E-state index in [9.17, 15) is 0 Å². The van der Waals surface area contributed by atoms with Crippen LogP contribution in [0.1, 0.15) is 24.1 Å². The van der Waals surface area contributed by atoms with Crippen molar-refractivity contribution in [2.45, 2.75) is 31.8 Å². The topological polar surface area (TPSA) is 59.1 Å². The van der Waals surface area contributed by atoms with E-state index in [1.54, 1.807) is 0 Å².